The lowest BCUT2D eigenvalue weighted by molar-refractivity contribution is -0.111. The van der Waals surface area contributed by atoms with Crippen molar-refractivity contribution in [2.45, 2.75) is 39.8 Å². The first-order valence-electron chi connectivity index (χ1n) is 12.9. The van der Waals surface area contributed by atoms with Gasteiger partial charge in [-0.05, 0) is 63.6 Å². The Hall–Kier alpha value is -3.20. The van der Waals surface area contributed by atoms with E-state index < -0.39 is 5.60 Å². The molecule has 0 unspecified atom stereocenters. The van der Waals surface area contributed by atoms with E-state index in [1.807, 2.05) is 58.0 Å². The van der Waals surface area contributed by atoms with Gasteiger partial charge in [-0.2, -0.15) is 5.10 Å². The van der Waals surface area contributed by atoms with Crippen molar-refractivity contribution in [2.24, 2.45) is 0 Å². The second-order valence-electron chi connectivity index (χ2n) is 10.5. The number of hydrogen-bond acceptors (Lipinski definition) is 5. The van der Waals surface area contributed by atoms with Crippen LogP contribution in [0.3, 0.4) is 0 Å². The van der Waals surface area contributed by atoms with E-state index in [0.717, 1.165) is 11.3 Å². The number of carbonyl (C=O) groups is 2. The Morgan fingerprint density at radius 1 is 1.05 bits per heavy atom. The molecule has 212 valence electrons. The van der Waals surface area contributed by atoms with Crippen LogP contribution in [0.5, 0.6) is 0 Å². The molecular weight excluding hydrogens is 573 g/mol. The highest BCUT2D eigenvalue weighted by atomic mass is 35.5. The molecule has 1 N–H and O–H groups in total. The number of halogens is 3. The Morgan fingerprint density at radius 3 is 2.42 bits per heavy atom. The second kappa shape index (κ2) is 12.5. The van der Waals surface area contributed by atoms with E-state index in [1.165, 1.54) is 6.08 Å². The number of para-hydroxylation sites is 2. The third-order valence-electron chi connectivity index (χ3n) is 6.28. The van der Waals surface area contributed by atoms with Crippen LogP contribution in [0.4, 0.5) is 16.2 Å². The van der Waals surface area contributed by atoms with Crippen molar-refractivity contribution in [1.29, 1.82) is 0 Å². The molecule has 3 aromatic rings. The molecule has 0 bridgehead atoms. The van der Waals surface area contributed by atoms with Crippen molar-refractivity contribution >= 4 is 64.3 Å². The molecule has 11 heteroatoms. The lowest BCUT2D eigenvalue weighted by Gasteiger charge is -2.37. The average molecular weight is 605 g/mol. The van der Waals surface area contributed by atoms with Crippen molar-refractivity contribution in [3.63, 3.8) is 0 Å². The molecule has 1 aliphatic rings. The standard InChI is InChI=1S/C29H32Cl3N5O3/c1-19-22(27(32)37(34-19)18-20-9-10-21(30)17-23(20)31)11-12-26(38)33-24-7-5-6-8-25(24)35-13-15-36(16-14-35)28(39)40-29(2,3)4/h5-12,17H,13-16,18H2,1-4H3,(H,33,38)/b12-11+. The first kappa shape index (κ1) is 29.8. The van der Waals surface area contributed by atoms with Crippen LogP contribution in [0.25, 0.3) is 6.08 Å². The Balaban J connectivity index is 1.41. The smallest absolute Gasteiger partial charge is 0.410 e. The van der Waals surface area contributed by atoms with Gasteiger partial charge in [0.2, 0.25) is 5.91 Å². The number of ether oxygens (including phenoxy) is 1. The van der Waals surface area contributed by atoms with Gasteiger partial charge >= 0.3 is 6.09 Å². The summed E-state index contributed by atoms with van der Waals surface area (Å²) in [7, 11) is 0. The second-order valence-corrected chi connectivity index (χ2v) is 11.7. The number of anilines is 2. The van der Waals surface area contributed by atoms with Crippen molar-refractivity contribution in [3.8, 4) is 0 Å². The van der Waals surface area contributed by atoms with Gasteiger partial charge in [-0.1, -0.05) is 53.0 Å². The number of nitrogens with zero attached hydrogens (tertiary/aromatic N) is 4. The molecule has 0 radical (unpaired) electrons. The van der Waals surface area contributed by atoms with E-state index in [-0.39, 0.29) is 12.0 Å². The molecule has 4 rings (SSSR count). The zero-order chi connectivity index (χ0) is 29.0. The summed E-state index contributed by atoms with van der Waals surface area (Å²) in [5.74, 6) is -0.302. The van der Waals surface area contributed by atoms with Gasteiger partial charge in [0, 0.05) is 47.9 Å². The summed E-state index contributed by atoms with van der Waals surface area (Å²) < 4.78 is 7.13. The summed E-state index contributed by atoms with van der Waals surface area (Å²) in [6.45, 7) is 10.1. The molecule has 2 heterocycles. The summed E-state index contributed by atoms with van der Waals surface area (Å²) in [5, 5.41) is 8.96. The molecular formula is C29H32Cl3N5O3. The highest BCUT2D eigenvalue weighted by Crippen LogP contribution is 2.28. The molecule has 0 atom stereocenters. The van der Waals surface area contributed by atoms with Crippen LogP contribution in [0.2, 0.25) is 15.2 Å². The van der Waals surface area contributed by atoms with Gasteiger partial charge in [0.15, 0.2) is 0 Å². The summed E-state index contributed by atoms with van der Waals surface area (Å²) in [4.78, 5) is 29.2. The Kier molecular flexibility index (Phi) is 9.33. The highest BCUT2D eigenvalue weighted by Gasteiger charge is 2.26. The van der Waals surface area contributed by atoms with Crippen LogP contribution < -0.4 is 10.2 Å². The third kappa shape index (κ3) is 7.50. The number of amides is 2. The zero-order valence-corrected chi connectivity index (χ0v) is 25.1. The summed E-state index contributed by atoms with van der Waals surface area (Å²) in [6.07, 6.45) is 2.78. The molecule has 2 aromatic carbocycles. The largest absolute Gasteiger partial charge is 0.444 e. The van der Waals surface area contributed by atoms with Gasteiger partial charge < -0.3 is 19.9 Å². The third-order valence-corrected chi connectivity index (χ3v) is 7.27. The number of aryl methyl sites for hydroxylation is 1. The van der Waals surface area contributed by atoms with Crippen LogP contribution in [0, 0.1) is 6.92 Å². The fourth-order valence-corrected chi connectivity index (χ4v) is 5.08. The predicted molar refractivity (Wildman–Crippen MR) is 162 cm³/mol. The lowest BCUT2D eigenvalue weighted by Crippen LogP contribution is -2.50. The van der Waals surface area contributed by atoms with E-state index in [2.05, 4.69) is 15.3 Å². The fraction of sp³-hybridized carbons (Fsp3) is 0.345. The minimum Gasteiger partial charge on any atom is -0.444 e. The van der Waals surface area contributed by atoms with Gasteiger partial charge in [-0.15, -0.1) is 0 Å². The molecule has 40 heavy (non-hydrogen) atoms. The number of rotatable bonds is 6. The predicted octanol–water partition coefficient (Wildman–Crippen LogP) is 6.91. The maximum Gasteiger partial charge on any atom is 0.410 e. The number of benzene rings is 2. The van der Waals surface area contributed by atoms with Crippen molar-refractivity contribution in [1.82, 2.24) is 14.7 Å². The molecule has 1 aliphatic heterocycles. The van der Waals surface area contributed by atoms with E-state index >= 15 is 0 Å². The quantitative estimate of drug-likeness (QED) is 0.309. The van der Waals surface area contributed by atoms with Gasteiger partial charge in [0.1, 0.15) is 10.8 Å². The first-order valence-corrected chi connectivity index (χ1v) is 14.0. The van der Waals surface area contributed by atoms with Gasteiger partial charge in [0.05, 0.1) is 23.6 Å². The van der Waals surface area contributed by atoms with E-state index in [4.69, 9.17) is 39.5 Å². The SMILES string of the molecule is Cc1nn(Cc2ccc(Cl)cc2Cl)c(Cl)c1/C=C/C(=O)Nc1ccccc1N1CCN(C(=O)OC(C)(C)C)CC1. The normalized spacial score (nSPS) is 14.1. The number of hydrogen-bond donors (Lipinski definition) is 1. The van der Waals surface area contributed by atoms with E-state index in [1.54, 1.807) is 27.8 Å². The maximum atomic E-state index is 12.9. The molecule has 0 aliphatic carbocycles. The summed E-state index contributed by atoms with van der Waals surface area (Å²) >= 11 is 18.9. The molecule has 8 nitrogen and oxygen atoms in total. The van der Waals surface area contributed by atoms with Crippen LogP contribution in [-0.4, -0.2) is 58.5 Å². The first-order chi connectivity index (χ1) is 18.9. The number of carbonyl (C=O) groups excluding carboxylic acids is 2. The van der Waals surface area contributed by atoms with E-state index in [9.17, 15) is 9.59 Å². The highest BCUT2D eigenvalue weighted by molar-refractivity contribution is 6.35. The summed E-state index contributed by atoms with van der Waals surface area (Å²) in [6, 6.07) is 12.9. The molecule has 1 saturated heterocycles. The van der Waals surface area contributed by atoms with Crippen LogP contribution in [0.1, 0.15) is 37.6 Å². The molecule has 0 saturated carbocycles. The van der Waals surface area contributed by atoms with Gasteiger partial charge in [0.25, 0.3) is 0 Å². The minimum atomic E-state index is -0.537. The average Bonchev–Trinajstić information content (AvgIpc) is 3.15. The Labute approximate surface area is 249 Å². The maximum absolute atomic E-state index is 12.9. The fourth-order valence-electron chi connectivity index (χ4n) is 4.32. The lowest BCUT2D eigenvalue weighted by atomic mass is 10.2. The number of nitrogens with one attached hydrogen (secondary N) is 1. The Bertz CT molecular complexity index is 1420. The topological polar surface area (TPSA) is 79.7 Å². The molecule has 1 fully saturated rings. The van der Waals surface area contributed by atoms with Crippen LogP contribution in [0.15, 0.2) is 48.5 Å². The zero-order valence-electron chi connectivity index (χ0n) is 22.9. The van der Waals surface area contributed by atoms with Crippen molar-refractivity contribution in [3.05, 3.63) is 80.6 Å². The molecule has 1 aromatic heterocycles. The minimum absolute atomic E-state index is 0.302. The monoisotopic (exact) mass is 603 g/mol. The van der Waals surface area contributed by atoms with Crippen molar-refractivity contribution < 1.29 is 14.3 Å². The Morgan fingerprint density at radius 2 is 1.75 bits per heavy atom. The van der Waals surface area contributed by atoms with Gasteiger partial charge in [-0.3, -0.25) is 4.79 Å². The molecule has 2 amide bonds. The van der Waals surface area contributed by atoms with Crippen LogP contribution >= 0.6 is 34.8 Å². The summed E-state index contributed by atoms with van der Waals surface area (Å²) in [5.41, 5.74) is 3.18. The number of piperazine rings is 1. The number of aromatic nitrogens is 2. The van der Waals surface area contributed by atoms with Crippen molar-refractivity contribution in [2.75, 3.05) is 36.4 Å². The molecule has 0 spiro atoms. The van der Waals surface area contributed by atoms with Crippen LogP contribution in [-0.2, 0) is 16.1 Å². The van der Waals surface area contributed by atoms with Gasteiger partial charge in [-0.25, -0.2) is 9.48 Å². The van der Waals surface area contributed by atoms with E-state index in [0.29, 0.717) is 64.9 Å².